The fourth-order valence-electron chi connectivity index (χ4n) is 2.46. The summed E-state index contributed by atoms with van der Waals surface area (Å²) in [7, 11) is 0. The molecule has 2 heteroatoms. The van der Waals surface area contributed by atoms with Crippen LogP contribution in [0.5, 0.6) is 0 Å². The second-order valence-corrected chi connectivity index (χ2v) is 5.80. The number of nitrogens with one attached hydrogen (secondary N) is 1. The van der Waals surface area contributed by atoms with Crippen molar-refractivity contribution in [2.75, 3.05) is 5.32 Å². The van der Waals surface area contributed by atoms with Gasteiger partial charge in [0.1, 0.15) is 0 Å². The molecule has 110 valence electrons. The van der Waals surface area contributed by atoms with Gasteiger partial charge in [0.15, 0.2) is 0 Å². The number of carbonyl (C=O) groups excluding carboxylic acids is 1. The zero-order chi connectivity index (χ0) is 15.4. The van der Waals surface area contributed by atoms with E-state index >= 15 is 0 Å². The lowest BCUT2D eigenvalue weighted by molar-refractivity contribution is -0.116. The monoisotopic (exact) mass is 281 g/mol. The zero-order valence-corrected chi connectivity index (χ0v) is 13.3. The molecule has 0 unspecified atom stereocenters. The maximum Gasteiger partial charge on any atom is 0.224 e. The van der Waals surface area contributed by atoms with Crippen LogP contribution in [0, 0.1) is 27.7 Å². The molecule has 0 spiro atoms. The highest BCUT2D eigenvalue weighted by Gasteiger charge is 2.07. The minimum Gasteiger partial charge on any atom is -0.326 e. The van der Waals surface area contributed by atoms with Crippen LogP contribution in [0.4, 0.5) is 5.69 Å². The van der Waals surface area contributed by atoms with Gasteiger partial charge in [0.05, 0.1) is 0 Å². The number of benzene rings is 2. The Labute approximate surface area is 127 Å². The van der Waals surface area contributed by atoms with E-state index in [4.69, 9.17) is 0 Å². The Bertz CT molecular complexity index is 659. The lowest BCUT2D eigenvalue weighted by Gasteiger charge is -2.10. The molecule has 2 rings (SSSR count). The summed E-state index contributed by atoms with van der Waals surface area (Å²) in [6.45, 7) is 8.23. The first-order chi connectivity index (χ1) is 9.95. The van der Waals surface area contributed by atoms with Gasteiger partial charge in [-0.05, 0) is 62.4 Å². The molecule has 0 heterocycles. The number of amides is 1. The number of aryl methyl sites for hydroxylation is 5. The van der Waals surface area contributed by atoms with Crippen molar-refractivity contribution in [3.8, 4) is 0 Å². The van der Waals surface area contributed by atoms with Crippen LogP contribution in [0.15, 0.2) is 36.4 Å². The summed E-state index contributed by atoms with van der Waals surface area (Å²) in [6, 6.07) is 12.5. The van der Waals surface area contributed by atoms with Gasteiger partial charge in [-0.25, -0.2) is 0 Å². The third kappa shape index (κ3) is 4.19. The Morgan fingerprint density at radius 2 is 1.57 bits per heavy atom. The molecule has 0 aromatic heterocycles. The number of rotatable bonds is 4. The minimum atomic E-state index is 0.0728. The largest absolute Gasteiger partial charge is 0.326 e. The van der Waals surface area contributed by atoms with Gasteiger partial charge in [-0.3, -0.25) is 4.79 Å². The predicted octanol–water partition coefficient (Wildman–Crippen LogP) is 4.49. The van der Waals surface area contributed by atoms with E-state index in [1.165, 1.54) is 16.7 Å². The van der Waals surface area contributed by atoms with Crippen molar-refractivity contribution in [1.82, 2.24) is 0 Å². The van der Waals surface area contributed by atoms with Gasteiger partial charge < -0.3 is 5.32 Å². The maximum absolute atomic E-state index is 12.1. The summed E-state index contributed by atoms with van der Waals surface area (Å²) in [5.41, 5.74) is 6.94. The van der Waals surface area contributed by atoms with Crippen LogP contribution in [0.2, 0.25) is 0 Å². The molecule has 21 heavy (non-hydrogen) atoms. The van der Waals surface area contributed by atoms with E-state index in [9.17, 15) is 4.79 Å². The molecule has 0 radical (unpaired) electrons. The molecular weight excluding hydrogens is 258 g/mol. The van der Waals surface area contributed by atoms with Gasteiger partial charge in [0.25, 0.3) is 0 Å². The van der Waals surface area contributed by atoms with Crippen LogP contribution >= 0.6 is 0 Å². The number of carbonyl (C=O) groups is 1. The highest BCUT2D eigenvalue weighted by molar-refractivity contribution is 5.91. The molecule has 0 saturated heterocycles. The highest BCUT2D eigenvalue weighted by Crippen LogP contribution is 2.17. The molecule has 2 nitrogen and oxygen atoms in total. The number of hydrogen-bond donors (Lipinski definition) is 1. The van der Waals surface area contributed by atoms with Crippen LogP contribution in [-0.4, -0.2) is 5.91 Å². The molecule has 2 aromatic carbocycles. The van der Waals surface area contributed by atoms with Crippen molar-refractivity contribution in [1.29, 1.82) is 0 Å². The van der Waals surface area contributed by atoms with Crippen molar-refractivity contribution in [2.45, 2.75) is 40.5 Å². The van der Waals surface area contributed by atoms with Crippen molar-refractivity contribution in [3.63, 3.8) is 0 Å². The summed E-state index contributed by atoms with van der Waals surface area (Å²) in [5, 5.41) is 3.01. The van der Waals surface area contributed by atoms with Gasteiger partial charge in [-0.15, -0.1) is 0 Å². The molecule has 0 aliphatic heterocycles. The Morgan fingerprint density at radius 1 is 0.905 bits per heavy atom. The molecule has 0 bridgehead atoms. The lowest BCUT2D eigenvalue weighted by atomic mass is 10.0. The van der Waals surface area contributed by atoms with Crippen LogP contribution in [-0.2, 0) is 11.2 Å². The average molecular weight is 281 g/mol. The zero-order valence-electron chi connectivity index (χ0n) is 13.3. The molecular formula is C19H23NO. The standard InChI is InChI=1S/C19H23NO/c1-13-6-8-17(16(4)11-13)9-10-19(21)20-18-12-14(2)5-7-15(18)3/h5-8,11-12H,9-10H2,1-4H3,(H,20,21). The quantitative estimate of drug-likeness (QED) is 0.879. The van der Waals surface area contributed by atoms with Gasteiger partial charge >= 0.3 is 0 Å². The van der Waals surface area contributed by atoms with Gasteiger partial charge in [0.2, 0.25) is 5.91 Å². The maximum atomic E-state index is 12.1. The van der Waals surface area contributed by atoms with E-state index in [-0.39, 0.29) is 5.91 Å². The number of anilines is 1. The lowest BCUT2D eigenvalue weighted by Crippen LogP contribution is -2.13. The molecule has 0 aliphatic carbocycles. The minimum absolute atomic E-state index is 0.0728. The van der Waals surface area contributed by atoms with E-state index in [1.54, 1.807) is 0 Å². The smallest absolute Gasteiger partial charge is 0.224 e. The Balaban J connectivity index is 1.97. The van der Waals surface area contributed by atoms with Gasteiger partial charge in [-0.1, -0.05) is 35.9 Å². The summed E-state index contributed by atoms with van der Waals surface area (Å²) < 4.78 is 0. The van der Waals surface area contributed by atoms with E-state index in [0.717, 1.165) is 23.2 Å². The first kappa shape index (κ1) is 15.3. The summed E-state index contributed by atoms with van der Waals surface area (Å²) in [4.78, 5) is 12.1. The fourth-order valence-corrected chi connectivity index (χ4v) is 2.46. The van der Waals surface area contributed by atoms with Crippen molar-refractivity contribution >= 4 is 11.6 Å². The first-order valence-corrected chi connectivity index (χ1v) is 7.39. The SMILES string of the molecule is Cc1ccc(CCC(=O)Nc2cc(C)ccc2C)c(C)c1. The molecule has 0 aliphatic rings. The van der Waals surface area contributed by atoms with E-state index in [0.29, 0.717) is 6.42 Å². The highest BCUT2D eigenvalue weighted by atomic mass is 16.1. The Hall–Kier alpha value is -2.09. The summed E-state index contributed by atoms with van der Waals surface area (Å²) in [6.07, 6.45) is 1.29. The van der Waals surface area contributed by atoms with Crippen LogP contribution in [0.3, 0.4) is 0 Å². The molecule has 2 aromatic rings. The topological polar surface area (TPSA) is 29.1 Å². The Kier molecular flexibility index (Phi) is 4.79. The fraction of sp³-hybridized carbons (Fsp3) is 0.316. The predicted molar refractivity (Wildman–Crippen MR) is 88.8 cm³/mol. The van der Waals surface area contributed by atoms with Crippen molar-refractivity contribution in [2.24, 2.45) is 0 Å². The summed E-state index contributed by atoms with van der Waals surface area (Å²) >= 11 is 0. The van der Waals surface area contributed by atoms with Crippen molar-refractivity contribution in [3.05, 3.63) is 64.2 Å². The van der Waals surface area contributed by atoms with E-state index in [2.05, 4.69) is 43.4 Å². The van der Waals surface area contributed by atoms with Gasteiger partial charge in [-0.2, -0.15) is 0 Å². The molecule has 1 amide bonds. The molecule has 1 N–H and O–H groups in total. The summed E-state index contributed by atoms with van der Waals surface area (Å²) in [5.74, 6) is 0.0728. The average Bonchev–Trinajstić information content (AvgIpc) is 2.42. The normalized spacial score (nSPS) is 10.5. The van der Waals surface area contributed by atoms with E-state index in [1.807, 2.05) is 26.0 Å². The first-order valence-electron chi connectivity index (χ1n) is 7.39. The van der Waals surface area contributed by atoms with E-state index < -0.39 is 0 Å². The van der Waals surface area contributed by atoms with Crippen LogP contribution in [0.25, 0.3) is 0 Å². The third-order valence-corrected chi connectivity index (χ3v) is 3.79. The van der Waals surface area contributed by atoms with Crippen LogP contribution in [0.1, 0.15) is 34.2 Å². The molecule has 0 fully saturated rings. The number of hydrogen-bond acceptors (Lipinski definition) is 1. The third-order valence-electron chi connectivity index (χ3n) is 3.79. The second kappa shape index (κ2) is 6.57. The molecule has 0 atom stereocenters. The van der Waals surface area contributed by atoms with Gasteiger partial charge in [0, 0.05) is 12.1 Å². The Morgan fingerprint density at radius 3 is 2.29 bits per heavy atom. The second-order valence-electron chi connectivity index (χ2n) is 5.80. The molecule has 0 saturated carbocycles. The van der Waals surface area contributed by atoms with Crippen LogP contribution < -0.4 is 5.32 Å². The van der Waals surface area contributed by atoms with Crippen molar-refractivity contribution < 1.29 is 4.79 Å².